The van der Waals surface area contributed by atoms with Crippen molar-refractivity contribution < 1.29 is 4.79 Å². The second-order valence-electron chi connectivity index (χ2n) is 5.29. The quantitative estimate of drug-likeness (QED) is 0.802. The Bertz CT molecular complexity index is 569. The maximum Gasteiger partial charge on any atom is 0.319 e. The highest BCUT2D eigenvalue weighted by molar-refractivity contribution is 5.89. The SMILES string of the molecule is O=C(Nc1cn[nH]c1)N[C@@H]1CCN(Cc2ccccc2)C1. The zero-order chi connectivity index (χ0) is 14.5. The lowest BCUT2D eigenvalue weighted by Crippen LogP contribution is -2.39. The van der Waals surface area contributed by atoms with Gasteiger partial charge >= 0.3 is 6.03 Å². The Hall–Kier alpha value is -2.34. The van der Waals surface area contributed by atoms with Gasteiger partial charge in [0.15, 0.2) is 0 Å². The fourth-order valence-electron chi connectivity index (χ4n) is 2.61. The van der Waals surface area contributed by atoms with E-state index in [2.05, 4.69) is 50.0 Å². The van der Waals surface area contributed by atoms with E-state index in [9.17, 15) is 4.79 Å². The molecule has 2 aromatic rings. The molecule has 1 saturated heterocycles. The van der Waals surface area contributed by atoms with E-state index >= 15 is 0 Å². The van der Waals surface area contributed by atoms with Gasteiger partial charge in [-0.2, -0.15) is 5.10 Å². The van der Waals surface area contributed by atoms with Crippen LogP contribution in [-0.2, 0) is 6.54 Å². The molecule has 3 N–H and O–H groups in total. The average molecular weight is 285 g/mol. The number of likely N-dealkylation sites (tertiary alicyclic amines) is 1. The molecule has 2 heterocycles. The average Bonchev–Trinajstić information content (AvgIpc) is 3.12. The third-order valence-corrected chi connectivity index (χ3v) is 3.61. The third kappa shape index (κ3) is 3.82. The summed E-state index contributed by atoms with van der Waals surface area (Å²) >= 11 is 0. The van der Waals surface area contributed by atoms with Gasteiger partial charge in [-0.3, -0.25) is 10.00 Å². The van der Waals surface area contributed by atoms with Gasteiger partial charge in [-0.25, -0.2) is 4.79 Å². The molecule has 0 spiro atoms. The number of aromatic amines is 1. The van der Waals surface area contributed by atoms with Gasteiger partial charge in [0.2, 0.25) is 0 Å². The predicted octanol–water partition coefficient (Wildman–Crippen LogP) is 1.81. The molecule has 6 nitrogen and oxygen atoms in total. The largest absolute Gasteiger partial charge is 0.334 e. The van der Waals surface area contributed by atoms with Gasteiger partial charge in [-0.05, 0) is 12.0 Å². The highest BCUT2D eigenvalue weighted by Crippen LogP contribution is 2.13. The fraction of sp³-hybridized carbons (Fsp3) is 0.333. The van der Waals surface area contributed by atoms with Crippen molar-refractivity contribution in [3.8, 4) is 0 Å². The van der Waals surface area contributed by atoms with E-state index in [1.807, 2.05) is 6.07 Å². The standard InChI is InChI=1S/C15H19N5O/c21-15(19-14-8-16-17-9-14)18-13-6-7-20(11-13)10-12-4-2-1-3-5-12/h1-5,8-9,13H,6-7,10-11H2,(H,16,17)(H2,18,19,21)/t13-/m1/s1. The van der Waals surface area contributed by atoms with E-state index in [0.29, 0.717) is 5.69 Å². The van der Waals surface area contributed by atoms with Crippen molar-refractivity contribution in [1.82, 2.24) is 20.4 Å². The summed E-state index contributed by atoms with van der Waals surface area (Å²) < 4.78 is 0. The summed E-state index contributed by atoms with van der Waals surface area (Å²) in [5.74, 6) is 0. The summed E-state index contributed by atoms with van der Waals surface area (Å²) in [6.07, 6.45) is 4.21. The zero-order valence-corrected chi connectivity index (χ0v) is 11.7. The van der Waals surface area contributed by atoms with Gasteiger partial charge in [-0.1, -0.05) is 30.3 Å². The van der Waals surface area contributed by atoms with Gasteiger partial charge in [0.25, 0.3) is 0 Å². The van der Waals surface area contributed by atoms with Crippen molar-refractivity contribution in [2.75, 3.05) is 18.4 Å². The molecule has 2 amide bonds. The lowest BCUT2D eigenvalue weighted by molar-refractivity contribution is 0.247. The van der Waals surface area contributed by atoms with Crippen molar-refractivity contribution in [2.45, 2.75) is 19.0 Å². The molecule has 21 heavy (non-hydrogen) atoms. The summed E-state index contributed by atoms with van der Waals surface area (Å²) in [6, 6.07) is 10.4. The Balaban J connectivity index is 1.45. The fourth-order valence-corrected chi connectivity index (χ4v) is 2.61. The van der Waals surface area contributed by atoms with E-state index < -0.39 is 0 Å². The van der Waals surface area contributed by atoms with Gasteiger partial charge < -0.3 is 10.6 Å². The lowest BCUT2D eigenvalue weighted by Gasteiger charge is -2.16. The predicted molar refractivity (Wildman–Crippen MR) is 80.9 cm³/mol. The Kier molecular flexibility index (Phi) is 4.16. The number of carbonyl (C=O) groups is 1. The number of hydrogen-bond acceptors (Lipinski definition) is 3. The van der Waals surface area contributed by atoms with Crippen molar-refractivity contribution in [3.63, 3.8) is 0 Å². The summed E-state index contributed by atoms with van der Waals surface area (Å²) in [7, 11) is 0. The van der Waals surface area contributed by atoms with Gasteiger partial charge in [0, 0.05) is 31.9 Å². The van der Waals surface area contributed by atoms with Crippen LogP contribution in [0, 0.1) is 0 Å². The Labute approximate surface area is 123 Å². The number of carbonyl (C=O) groups excluding carboxylic acids is 1. The van der Waals surface area contributed by atoms with E-state index in [4.69, 9.17) is 0 Å². The Morgan fingerprint density at radius 1 is 1.38 bits per heavy atom. The Morgan fingerprint density at radius 3 is 3.00 bits per heavy atom. The molecule has 0 radical (unpaired) electrons. The first kappa shape index (κ1) is 13.6. The van der Waals surface area contributed by atoms with E-state index in [1.54, 1.807) is 12.4 Å². The third-order valence-electron chi connectivity index (χ3n) is 3.61. The minimum absolute atomic E-state index is 0.178. The number of H-pyrrole nitrogens is 1. The summed E-state index contributed by atoms with van der Waals surface area (Å²) in [5, 5.41) is 12.2. The second kappa shape index (κ2) is 6.41. The van der Waals surface area contributed by atoms with Crippen LogP contribution in [0.4, 0.5) is 10.5 Å². The molecule has 0 aliphatic carbocycles. The number of hydrogen-bond donors (Lipinski definition) is 3. The first-order valence-corrected chi connectivity index (χ1v) is 7.12. The van der Waals surface area contributed by atoms with E-state index in [0.717, 1.165) is 26.1 Å². The number of urea groups is 1. The molecule has 6 heteroatoms. The van der Waals surface area contributed by atoms with Crippen molar-refractivity contribution >= 4 is 11.7 Å². The number of aromatic nitrogens is 2. The zero-order valence-electron chi connectivity index (χ0n) is 11.7. The minimum atomic E-state index is -0.178. The van der Waals surface area contributed by atoms with Crippen LogP contribution in [0.1, 0.15) is 12.0 Å². The van der Waals surface area contributed by atoms with Gasteiger partial charge in [-0.15, -0.1) is 0 Å². The molecule has 1 aromatic carbocycles. The van der Waals surface area contributed by atoms with Crippen LogP contribution >= 0.6 is 0 Å². The smallest absolute Gasteiger partial charge is 0.319 e. The topological polar surface area (TPSA) is 73.0 Å². The van der Waals surface area contributed by atoms with Crippen LogP contribution in [-0.4, -0.2) is 40.3 Å². The normalized spacial score (nSPS) is 18.6. The van der Waals surface area contributed by atoms with E-state index in [-0.39, 0.29) is 12.1 Å². The first-order valence-electron chi connectivity index (χ1n) is 7.12. The molecule has 1 atom stereocenters. The maximum atomic E-state index is 11.8. The van der Waals surface area contributed by atoms with Crippen LogP contribution < -0.4 is 10.6 Å². The lowest BCUT2D eigenvalue weighted by atomic mass is 10.2. The van der Waals surface area contributed by atoms with Crippen LogP contribution in [0.2, 0.25) is 0 Å². The van der Waals surface area contributed by atoms with E-state index in [1.165, 1.54) is 5.56 Å². The minimum Gasteiger partial charge on any atom is -0.334 e. The highest BCUT2D eigenvalue weighted by Gasteiger charge is 2.23. The highest BCUT2D eigenvalue weighted by atomic mass is 16.2. The first-order chi connectivity index (χ1) is 10.3. The molecule has 1 aromatic heterocycles. The number of nitrogens with one attached hydrogen (secondary N) is 3. The molecule has 1 fully saturated rings. The number of nitrogens with zero attached hydrogens (tertiary/aromatic N) is 2. The molecular formula is C15H19N5O. The van der Waals surface area contributed by atoms with Crippen LogP contribution in [0.25, 0.3) is 0 Å². The number of anilines is 1. The maximum absolute atomic E-state index is 11.8. The summed E-state index contributed by atoms with van der Waals surface area (Å²) in [4.78, 5) is 14.2. The molecule has 1 aliphatic rings. The molecule has 0 unspecified atom stereocenters. The molecular weight excluding hydrogens is 266 g/mol. The molecule has 1 aliphatic heterocycles. The number of benzene rings is 1. The van der Waals surface area contributed by atoms with Crippen molar-refractivity contribution in [3.05, 3.63) is 48.3 Å². The molecule has 110 valence electrons. The second-order valence-corrected chi connectivity index (χ2v) is 5.29. The number of rotatable bonds is 4. The molecule has 0 saturated carbocycles. The van der Waals surface area contributed by atoms with Gasteiger partial charge in [0.05, 0.1) is 11.9 Å². The van der Waals surface area contributed by atoms with Gasteiger partial charge in [0.1, 0.15) is 0 Å². The Morgan fingerprint density at radius 2 is 2.24 bits per heavy atom. The van der Waals surface area contributed by atoms with Crippen molar-refractivity contribution in [1.29, 1.82) is 0 Å². The van der Waals surface area contributed by atoms with Crippen molar-refractivity contribution in [2.24, 2.45) is 0 Å². The van der Waals surface area contributed by atoms with Crippen LogP contribution in [0.15, 0.2) is 42.7 Å². The molecule has 3 rings (SSSR count). The summed E-state index contributed by atoms with van der Waals surface area (Å²) in [6.45, 7) is 2.82. The number of amides is 2. The molecule has 0 bridgehead atoms. The van der Waals surface area contributed by atoms with Crippen LogP contribution in [0.5, 0.6) is 0 Å². The summed E-state index contributed by atoms with van der Waals surface area (Å²) in [5.41, 5.74) is 1.98. The monoisotopic (exact) mass is 285 g/mol. The van der Waals surface area contributed by atoms with Crippen LogP contribution in [0.3, 0.4) is 0 Å².